The largest absolute Gasteiger partial charge is 0.306 e. The smallest absolute Gasteiger partial charge is 0.0306 e. The van der Waals surface area contributed by atoms with Gasteiger partial charge < -0.3 is 5.32 Å². The van der Waals surface area contributed by atoms with Gasteiger partial charge in [0.05, 0.1) is 0 Å². The number of halogens is 2. The molecule has 1 atom stereocenters. The Labute approximate surface area is 123 Å². The van der Waals surface area contributed by atoms with Crippen LogP contribution in [0.1, 0.15) is 24.1 Å². The lowest BCUT2D eigenvalue weighted by Crippen LogP contribution is -2.18. The Balaban J connectivity index is 2.01. The molecule has 0 aliphatic heterocycles. The fourth-order valence-corrected chi connectivity index (χ4v) is 3.69. The van der Waals surface area contributed by atoms with Gasteiger partial charge in [-0.25, -0.2) is 0 Å². The highest BCUT2D eigenvalue weighted by Crippen LogP contribution is 2.26. The van der Waals surface area contributed by atoms with Crippen LogP contribution in [0.4, 0.5) is 0 Å². The van der Waals surface area contributed by atoms with E-state index in [1.807, 2.05) is 0 Å². The molecule has 2 aromatic rings. The molecule has 17 heavy (non-hydrogen) atoms. The Bertz CT molecular complexity index is 482. The maximum atomic E-state index is 3.60. The fraction of sp³-hybridized carbons (Fsp3) is 0.231. The first kappa shape index (κ1) is 13.3. The van der Waals surface area contributed by atoms with Crippen LogP contribution in [-0.2, 0) is 6.54 Å². The lowest BCUT2D eigenvalue weighted by molar-refractivity contribution is 0.573. The first-order chi connectivity index (χ1) is 8.16. The lowest BCUT2D eigenvalue weighted by atomic mass is 10.1. The third-order valence-corrected chi connectivity index (χ3v) is 4.53. The van der Waals surface area contributed by atoms with Gasteiger partial charge in [0, 0.05) is 21.5 Å². The maximum absolute atomic E-state index is 3.60. The predicted octanol–water partition coefficient (Wildman–Crippen LogP) is 5.12. The summed E-state index contributed by atoms with van der Waals surface area (Å²) in [6.45, 7) is 3.09. The maximum Gasteiger partial charge on any atom is 0.0306 e. The van der Waals surface area contributed by atoms with Crippen LogP contribution in [0.5, 0.6) is 0 Å². The van der Waals surface area contributed by atoms with Crippen molar-refractivity contribution < 1.29 is 0 Å². The van der Waals surface area contributed by atoms with Gasteiger partial charge in [0.15, 0.2) is 0 Å². The number of thiophene rings is 1. The van der Waals surface area contributed by atoms with Crippen LogP contribution in [0, 0.1) is 0 Å². The molecule has 1 aromatic heterocycles. The summed E-state index contributed by atoms with van der Waals surface area (Å²) in [5.41, 5.74) is 2.62. The summed E-state index contributed by atoms with van der Waals surface area (Å²) in [5.74, 6) is 0. The molecule has 0 radical (unpaired) electrons. The zero-order valence-electron chi connectivity index (χ0n) is 9.41. The standard InChI is InChI=1S/C13H13Br2NS/c1-9(16-7-10-4-5-17-8-10)12-3-2-11(14)6-13(12)15/h2-6,8-9,16H,7H2,1H3. The van der Waals surface area contributed by atoms with Gasteiger partial charge in [0.1, 0.15) is 0 Å². The van der Waals surface area contributed by atoms with E-state index in [2.05, 4.69) is 79.1 Å². The average molecular weight is 375 g/mol. The van der Waals surface area contributed by atoms with E-state index < -0.39 is 0 Å². The summed E-state index contributed by atoms with van der Waals surface area (Å²) < 4.78 is 2.23. The van der Waals surface area contributed by atoms with Crippen LogP contribution in [0.25, 0.3) is 0 Å². The molecule has 1 nitrogen and oxygen atoms in total. The predicted molar refractivity (Wildman–Crippen MR) is 81.4 cm³/mol. The molecule has 0 bridgehead atoms. The number of hydrogen-bond donors (Lipinski definition) is 1. The number of nitrogens with one attached hydrogen (secondary N) is 1. The van der Waals surface area contributed by atoms with E-state index in [9.17, 15) is 0 Å². The highest BCUT2D eigenvalue weighted by Gasteiger charge is 2.09. The normalized spacial score (nSPS) is 12.6. The van der Waals surface area contributed by atoms with Crippen molar-refractivity contribution in [2.45, 2.75) is 19.5 Å². The molecule has 1 aromatic carbocycles. The van der Waals surface area contributed by atoms with Crippen molar-refractivity contribution in [3.63, 3.8) is 0 Å². The van der Waals surface area contributed by atoms with Gasteiger partial charge in [-0.2, -0.15) is 11.3 Å². The van der Waals surface area contributed by atoms with E-state index in [1.165, 1.54) is 11.1 Å². The molecular formula is C13H13Br2NS. The fourth-order valence-electron chi connectivity index (χ4n) is 1.63. The molecule has 0 spiro atoms. The minimum Gasteiger partial charge on any atom is -0.306 e. The van der Waals surface area contributed by atoms with Crippen LogP contribution in [0.15, 0.2) is 44.0 Å². The molecule has 0 amide bonds. The van der Waals surface area contributed by atoms with E-state index in [0.29, 0.717) is 6.04 Å². The molecule has 4 heteroatoms. The first-order valence-electron chi connectivity index (χ1n) is 5.36. The van der Waals surface area contributed by atoms with E-state index in [4.69, 9.17) is 0 Å². The van der Waals surface area contributed by atoms with Crippen LogP contribution in [-0.4, -0.2) is 0 Å². The van der Waals surface area contributed by atoms with E-state index in [1.54, 1.807) is 11.3 Å². The Morgan fingerprint density at radius 1 is 1.29 bits per heavy atom. The second kappa shape index (κ2) is 6.14. The molecule has 2 rings (SSSR count). The molecule has 90 valence electrons. The van der Waals surface area contributed by atoms with Crippen LogP contribution >= 0.6 is 43.2 Å². The van der Waals surface area contributed by atoms with E-state index in [-0.39, 0.29) is 0 Å². The lowest BCUT2D eigenvalue weighted by Gasteiger charge is -2.15. The summed E-state index contributed by atoms with van der Waals surface area (Å²) in [7, 11) is 0. The minimum atomic E-state index is 0.331. The summed E-state index contributed by atoms with van der Waals surface area (Å²) in [5, 5.41) is 7.81. The van der Waals surface area contributed by atoms with Crippen molar-refractivity contribution in [2.24, 2.45) is 0 Å². The van der Waals surface area contributed by atoms with Crippen molar-refractivity contribution in [2.75, 3.05) is 0 Å². The topological polar surface area (TPSA) is 12.0 Å². The van der Waals surface area contributed by atoms with Crippen molar-refractivity contribution in [3.05, 3.63) is 55.1 Å². The van der Waals surface area contributed by atoms with Gasteiger partial charge in [-0.05, 0) is 47.0 Å². The van der Waals surface area contributed by atoms with Gasteiger partial charge in [0.2, 0.25) is 0 Å². The third-order valence-electron chi connectivity index (χ3n) is 2.62. The van der Waals surface area contributed by atoms with Crippen molar-refractivity contribution in [1.82, 2.24) is 5.32 Å². The second-order valence-corrected chi connectivity index (χ2v) is 6.45. The molecular weight excluding hydrogens is 362 g/mol. The van der Waals surface area contributed by atoms with Gasteiger partial charge in [-0.3, -0.25) is 0 Å². The highest BCUT2D eigenvalue weighted by molar-refractivity contribution is 9.11. The Morgan fingerprint density at radius 3 is 2.76 bits per heavy atom. The molecule has 1 N–H and O–H groups in total. The quantitative estimate of drug-likeness (QED) is 0.782. The summed E-state index contributed by atoms with van der Waals surface area (Å²) >= 11 is 8.80. The van der Waals surface area contributed by atoms with Crippen LogP contribution in [0.3, 0.4) is 0 Å². The van der Waals surface area contributed by atoms with Crippen LogP contribution < -0.4 is 5.32 Å². The molecule has 0 saturated heterocycles. The zero-order chi connectivity index (χ0) is 12.3. The van der Waals surface area contributed by atoms with Gasteiger partial charge in [-0.15, -0.1) is 0 Å². The van der Waals surface area contributed by atoms with Crippen molar-refractivity contribution >= 4 is 43.2 Å². The number of hydrogen-bond acceptors (Lipinski definition) is 2. The monoisotopic (exact) mass is 373 g/mol. The average Bonchev–Trinajstić information content (AvgIpc) is 2.78. The summed E-state index contributed by atoms with van der Waals surface area (Å²) in [6.07, 6.45) is 0. The molecule has 0 saturated carbocycles. The number of rotatable bonds is 4. The first-order valence-corrected chi connectivity index (χ1v) is 7.89. The van der Waals surface area contributed by atoms with E-state index in [0.717, 1.165) is 15.5 Å². The molecule has 0 aliphatic rings. The van der Waals surface area contributed by atoms with Crippen LogP contribution in [0.2, 0.25) is 0 Å². The van der Waals surface area contributed by atoms with Crippen molar-refractivity contribution in [1.29, 1.82) is 0 Å². The molecule has 1 unspecified atom stereocenters. The minimum absolute atomic E-state index is 0.331. The number of benzene rings is 1. The molecule has 1 heterocycles. The Kier molecular flexibility index (Phi) is 4.79. The zero-order valence-corrected chi connectivity index (χ0v) is 13.4. The molecule has 0 fully saturated rings. The van der Waals surface area contributed by atoms with Gasteiger partial charge in [0.25, 0.3) is 0 Å². The van der Waals surface area contributed by atoms with Gasteiger partial charge in [-0.1, -0.05) is 37.9 Å². The highest BCUT2D eigenvalue weighted by atomic mass is 79.9. The van der Waals surface area contributed by atoms with E-state index >= 15 is 0 Å². The summed E-state index contributed by atoms with van der Waals surface area (Å²) in [4.78, 5) is 0. The summed E-state index contributed by atoms with van der Waals surface area (Å²) in [6, 6.07) is 8.78. The van der Waals surface area contributed by atoms with Gasteiger partial charge >= 0.3 is 0 Å². The van der Waals surface area contributed by atoms with Crippen molar-refractivity contribution in [3.8, 4) is 0 Å². The molecule has 0 aliphatic carbocycles. The third kappa shape index (κ3) is 3.65. The Hall–Kier alpha value is -0.160. The SMILES string of the molecule is CC(NCc1ccsc1)c1ccc(Br)cc1Br. The Morgan fingerprint density at radius 2 is 2.12 bits per heavy atom. The second-order valence-electron chi connectivity index (χ2n) is 3.90.